The maximum Gasteiger partial charge on any atom is 0.408 e. The van der Waals surface area contributed by atoms with Gasteiger partial charge in [0, 0.05) is 17.3 Å². The fourth-order valence-corrected chi connectivity index (χ4v) is 3.56. The lowest BCUT2D eigenvalue weighted by molar-refractivity contribution is -0.142. The van der Waals surface area contributed by atoms with Crippen LogP contribution in [0.4, 0.5) is 4.79 Å². The third-order valence-corrected chi connectivity index (χ3v) is 5.60. The summed E-state index contributed by atoms with van der Waals surface area (Å²) in [5.41, 5.74) is 2.37. The SMILES string of the molecule is O=C(N[C@@H](Cc1ccccc1)C(=O)N[C@@H](Cc1ccc(Br)cc1)C(=O)O)OCc1ccccc1. The Morgan fingerprint density at radius 2 is 1.26 bits per heavy atom. The van der Waals surface area contributed by atoms with Crippen molar-refractivity contribution in [2.45, 2.75) is 31.5 Å². The van der Waals surface area contributed by atoms with E-state index in [9.17, 15) is 19.5 Å². The van der Waals surface area contributed by atoms with Gasteiger partial charge in [-0.15, -0.1) is 0 Å². The maximum absolute atomic E-state index is 13.1. The second-order valence-electron chi connectivity index (χ2n) is 7.68. The molecule has 0 fully saturated rings. The van der Waals surface area contributed by atoms with Gasteiger partial charge in [0.1, 0.15) is 18.7 Å². The Bertz CT molecular complexity index is 1090. The number of amides is 2. The topological polar surface area (TPSA) is 105 Å². The van der Waals surface area contributed by atoms with E-state index in [4.69, 9.17) is 4.74 Å². The van der Waals surface area contributed by atoms with E-state index in [0.717, 1.165) is 21.2 Å². The van der Waals surface area contributed by atoms with Gasteiger partial charge in [0.15, 0.2) is 0 Å². The van der Waals surface area contributed by atoms with Crippen LogP contribution in [0.2, 0.25) is 0 Å². The predicted octanol–water partition coefficient (Wildman–Crippen LogP) is 4.10. The normalized spacial score (nSPS) is 12.3. The first kappa shape index (κ1) is 25.0. The van der Waals surface area contributed by atoms with E-state index in [0.29, 0.717) is 0 Å². The third-order valence-electron chi connectivity index (χ3n) is 5.07. The Morgan fingerprint density at radius 3 is 1.85 bits per heavy atom. The molecule has 0 heterocycles. The molecule has 2 amide bonds. The molecule has 3 aromatic rings. The number of carboxylic acids is 1. The molecule has 3 aromatic carbocycles. The minimum absolute atomic E-state index is 0.0493. The van der Waals surface area contributed by atoms with Gasteiger partial charge in [0.05, 0.1) is 0 Å². The summed E-state index contributed by atoms with van der Waals surface area (Å²) in [7, 11) is 0. The van der Waals surface area contributed by atoms with Crippen molar-refractivity contribution in [1.82, 2.24) is 10.6 Å². The number of rotatable bonds is 10. The van der Waals surface area contributed by atoms with Gasteiger partial charge >= 0.3 is 12.1 Å². The first-order chi connectivity index (χ1) is 16.4. The molecule has 0 aromatic heterocycles. The van der Waals surface area contributed by atoms with Gasteiger partial charge < -0.3 is 20.5 Å². The standard InChI is InChI=1S/C26H25BrN2O5/c27-21-13-11-19(12-14-21)16-23(25(31)32)28-24(30)22(15-18-7-3-1-4-8-18)29-26(33)34-17-20-9-5-2-6-10-20/h1-14,22-23H,15-17H2,(H,28,30)(H,29,33)(H,31,32)/t22-,23-/m0/s1. The Labute approximate surface area is 206 Å². The maximum atomic E-state index is 13.1. The van der Waals surface area contributed by atoms with Crippen LogP contribution in [-0.4, -0.2) is 35.2 Å². The van der Waals surface area contributed by atoms with Gasteiger partial charge in [-0.2, -0.15) is 0 Å². The highest BCUT2D eigenvalue weighted by atomic mass is 79.9. The molecule has 2 atom stereocenters. The molecule has 3 N–H and O–H groups in total. The summed E-state index contributed by atoms with van der Waals surface area (Å²) < 4.78 is 6.12. The van der Waals surface area contributed by atoms with Crippen molar-refractivity contribution in [3.05, 3.63) is 106 Å². The van der Waals surface area contributed by atoms with Gasteiger partial charge in [-0.25, -0.2) is 9.59 Å². The van der Waals surface area contributed by atoms with Crippen LogP contribution in [0.3, 0.4) is 0 Å². The highest BCUT2D eigenvalue weighted by molar-refractivity contribution is 9.10. The summed E-state index contributed by atoms with van der Waals surface area (Å²) >= 11 is 3.34. The Balaban J connectivity index is 1.68. The van der Waals surface area contributed by atoms with Crippen molar-refractivity contribution < 1.29 is 24.2 Å². The molecule has 0 aliphatic rings. The average molecular weight is 525 g/mol. The minimum Gasteiger partial charge on any atom is -0.480 e. The average Bonchev–Trinajstić information content (AvgIpc) is 2.84. The number of carbonyl (C=O) groups excluding carboxylic acids is 2. The summed E-state index contributed by atoms with van der Waals surface area (Å²) in [6, 6.07) is 23.3. The Hall–Kier alpha value is -3.65. The number of hydrogen-bond acceptors (Lipinski definition) is 4. The molecule has 176 valence electrons. The largest absolute Gasteiger partial charge is 0.480 e. The van der Waals surface area contributed by atoms with Crippen molar-refractivity contribution in [2.24, 2.45) is 0 Å². The molecular formula is C26H25BrN2O5. The molecular weight excluding hydrogens is 500 g/mol. The number of ether oxygens (including phenoxy) is 1. The van der Waals surface area contributed by atoms with E-state index in [-0.39, 0.29) is 19.4 Å². The third kappa shape index (κ3) is 8.04. The van der Waals surface area contributed by atoms with Crippen LogP contribution in [0.1, 0.15) is 16.7 Å². The van der Waals surface area contributed by atoms with Crippen LogP contribution in [0.25, 0.3) is 0 Å². The summed E-state index contributed by atoms with van der Waals surface area (Å²) in [6.07, 6.45) is -0.484. The lowest BCUT2D eigenvalue weighted by Gasteiger charge is -2.21. The van der Waals surface area contributed by atoms with Crippen LogP contribution >= 0.6 is 15.9 Å². The molecule has 0 radical (unpaired) electrons. The number of alkyl carbamates (subject to hydrolysis) is 1. The zero-order valence-corrected chi connectivity index (χ0v) is 19.9. The van der Waals surface area contributed by atoms with Gasteiger partial charge in [0.2, 0.25) is 5.91 Å². The molecule has 8 heteroatoms. The molecule has 7 nitrogen and oxygen atoms in total. The van der Waals surface area contributed by atoms with Crippen molar-refractivity contribution in [2.75, 3.05) is 0 Å². The van der Waals surface area contributed by atoms with E-state index in [1.165, 1.54) is 0 Å². The first-order valence-corrected chi connectivity index (χ1v) is 11.5. The molecule has 34 heavy (non-hydrogen) atoms. The lowest BCUT2D eigenvalue weighted by atomic mass is 10.0. The lowest BCUT2D eigenvalue weighted by Crippen LogP contribution is -2.53. The van der Waals surface area contributed by atoms with E-state index < -0.39 is 30.1 Å². The van der Waals surface area contributed by atoms with Gasteiger partial charge in [-0.3, -0.25) is 4.79 Å². The van der Waals surface area contributed by atoms with Gasteiger partial charge in [-0.1, -0.05) is 88.7 Å². The number of nitrogens with one attached hydrogen (secondary N) is 2. The monoisotopic (exact) mass is 524 g/mol. The predicted molar refractivity (Wildman–Crippen MR) is 131 cm³/mol. The second kappa shape index (κ2) is 12.6. The van der Waals surface area contributed by atoms with Crippen LogP contribution in [-0.2, 0) is 33.8 Å². The number of aliphatic carboxylic acids is 1. The van der Waals surface area contributed by atoms with Crippen LogP contribution in [0, 0.1) is 0 Å². The molecule has 0 aliphatic heterocycles. The zero-order valence-electron chi connectivity index (χ0n) is 18.3. The molecule has 0 saturated carbocycles. The number of hydrogen-bond donors (Lipinski definition) is 3. The summed E-state index contributed by atoms with van der Waals surface area (Å²) in [5, 5.41) is 14.8. The van der Waals surface area contributed by atoms with Crippen LogP contribution < -0.4 is 10.6 Å². The van der Waals surface area contributed by atoms with Crippen molar-refractivity contribution in [3.63, 3.8) is 0 Å². The first-order valence-electron chi connectivity index (χ1n) is 10.7. The number of carboxylic acid groups (broad SMARTS) is 1. The minimum atomic E-state index is -1.17. The highest BCUT2D eigenvalue weighted by Gasteiger charge is 2.27. The summed E-state index contributed by atoms with van der Waals surface area (Å²) in [4.78, 5) is 37.3. The summed E-state index contributed by atoms with van der Waals surface area (Å²) in [5.74, 6) is -1.77. The van der Waals surface area contributed by atoms with E-state index in [1.807, 2.05) is 60.7 Å². The molecule has 0 unspecified atom stereocenters. The summed E-state index contributed by atoms with van der Waals surface area (Å²) in [6.45, 7) is 0.0493. The zero-order chi connectivity index (χ0) is 24.3. The van der Waals surface area contributed by atoms with E-state index in [1.54, 1.807) is 24.3 Å². The molecule has 0 saturated heterocycles. The van der Waals surface area contributed by atoms with Gasteiger partial charge in [0.25, 0.3) is 0 Å². The van der Waals surface area contributed by atoms with Crippen LogP contribution in [0.5, 0.6) is 0 Å². The molecule has 0 aliphatic carbocycles. The number of benzene rings is 3. The quantitative estimate of drug-likeness (QED) is 0.370. The molecule has 3 rings (SSSR count). The number of halogens is 1. The molecule has 0 spiro atoms. The fourth-order valence-electron chi connectivity index (χ4n) is 3.29. The number of carbonyl (C=O) groups is 3. The molecule has 0 bridgehead atoms. The van der Waals surface area contributed by atoms with Crippen LogP contribution in [0.15, 0.2) is 89.4 Å². The second-order valence-corrected chi connectivity index (χ2v) is 8.59. The van der Waals surface area contributed by atoms with E-state index in [2.05, 4.69) is 26.6 Å². The Morgan fingerprint density at radius 1 is 0.735 bits per heavy atom. The Kier molecular flexibility index (Phi) is 9.22. The van der Waals surface area contributed by atoms with E-state index >= 15 is 0 Å². The fraction of sp³-hybridized carbons (Fsp3) is 0.192. The highest BCUT2D eigenvalue weighted by Crippen LogP contribution is 2.13. The van der Waals surface area contributed by atoms with Gasteiger partial charge in [-0.05, 0) is 28.8 Å². The van der Waals surface area contributed by atoms with Crippen molar-refractivity contribution in [3.8, 4) is 0 Å². The smallest absolute Gasteiger partial charge is 0.408 e. The van der Waals surface area contributed by atoms with Crippen molar-refractivity contribution in [1.29, 1.82) is 0 Å². The van der Waals surface area contributed by atoms with Crippen molar-refractivity contribution >= 4 is 33.9 Å².